The van der Waals surface area contributed by atoms with Crippen LogP contribution in [0.5, 0.6) is 0 Å². The summed E-state index contributed by atoms with van der Waals surface area (Å²) in [5.74, 6) is 0. The molecule has 0 heterocycles. The third-order valence-corrected chi connectivity index (χ3v) is 4.50. The van der Waals surface area contributed by atoms with Gasteiger partial charge in [0.05, 0.1) is 10.0 Å². The van der Waals surface area contributed by atoms with Crippen molar-refractivity contribution in [1.82, 2.24) is 5.32 Å². The molecule has 2 aromatic carbocycles. The van der Waals surface area contributed by atoms with Crippen molar-refractivity contribution in [1.29, 1.82) is 0 Å². The van der Waals surface area contributed by atoms with Gasteiger partial charge in [-0.25, -0.2) is 0 Å². The van der Waals surface area contributed by atoms with Gasteiger partial charge in [-0.1, -0.05) is 60.5 Å². The fraction of sp³-hybridized carbons (Fsp3) is 0.333. The average Bonchev–Trinajstić information content (AvgIpc) is 2.48. The summed E-state index contributed by atoms with van der Waals surface area (Å²) in [4.78, 5) is 0. The molecular formula is C18H21Cl2N. The maximum absolute atomic E-state index is 6.14. The lowest BCUT2D eigenvalue weighted by Gasteiger charge is -2.19. The lowest BCUT2D eigenvalue weighted by molar-refractivity contribution is 0.515. The summed E-state index contributed by atoms with van der Waals surface area (Å²) in [6, 6.07) is 14.7. The van der Waals surface area contributed by atoms with Crippen molar-refractivity contribution < 1.29 is 0 Å². The molecule has 1 nitrogen and oxygen atoms in total. The Labute approximate surface area is 137 Å². The first-order valence-electron chi connectivity index (χ1n) is 7.34. The molecule has 0 aliphatic rings. The Morgan fingerprint density at radius 3 is 2.48 bits per heavy atom. The molecule has 0 aromatic heterocycles. The molecule has 21 heavy (non-hydrogen) atoms. The fourth-order valence-corrected chi connectivity index (χ4v) is 2.86. The maximum Gasteiger partial charge on any atom is 0.0595 e. The van der Waals surface area contributed by atoms with Crippen molar-refractivity contribution in [3.05, 3.63) is 69.2 Å². The Balaban J connectivity index is 2.12. The zero-order valence-corrected chi connectivity index (χ0v) is 14.0. The van der Waals surface area contributed by atoms with E-state index in [2.05, 4.69) is 49.5 Å². The smallest absolute Gasteiger partial charge is 0.0595 e. The second-order valence-electron chi connectivity index (χ2n) is 5.25. The third-order valence-electron chi connectivity index (χ3n) is 3.76. The first-order valence-corrected chi connectivity index (χ1v) is 8.10. The van der Waals surface area contributed by atoms with Crippen LogP contribution in [-0.4, -0.2) is 6.54 Å². The van der Waals surface area contributed by atoms with Gasteiger partial charge in [0.15, 0.2) is 0 Å². The molecular weight excluding hydrogens is 301 g/mol. The molecule has 0 spiro atoms. The van der Waals surface area contributed by atoms with Crippen LogP contribution in [0.3, 0.4) is 0 Å². The number of aryl methyl sites for hydroxylation is 2. The number of hydrogen-bond donors (Lipinski definition) is 1. The average molecular weight is 322 g/mol. The van der Waals surface area contributed by atoms with E-state index in [-0.39, 0.29) is 0 Å². The van der Waals surface area contributed by atoms with Gasteiger partial charge in [-0.3, -0.25) is 0 Å². The van der Waals surface area contributed by atoms with Crippen LogP contribution in [0.25, 0.3) is 0 Å². The van der Waals surface area contributed by atoms with Crippen LogP contribution in [0.15, 0.2) is 42.5 Å². The fourth-order valence-electron chi connectivity index (χ4n) is 2.55. The topological polar surface area (TPSA) is 12.0 Å². The minimum atomic E-state index is 0.296. The Kier molecular flexibility index (Phi) is 6.10. The molecule has 2 rings (SSSR count). The normalized spacial score (nSPS) is 12.4. The largest absolute Gasteiger partial charge is 0.310 e. The second-order valence-corrected chi connectivity index (χ2v) is 6.06. The summed E-state index contributed by atoms with van der Waals surface area (Å²) < 4.78 is 0. The van der Waals surface area contributed by atoms with E-state index in [4.69, 9.17) is 23.2 Å². The van der Waals surface area contributed by atoms with Crippen molar-refractivity contribution in [2.45, 2.75) is 32.7 Å². The lowest BCUT2D eigenvalue weighted by atomic mass is 9.97. The summed E-state index contributed by atoms with van der Waals surface area (Å²) in [6.07, 6.45) is 2.08. The van der Waals surface area contributed by atoms with Crippen LogP contribution in [0.2, 0.25) is 10.0 Å². The number of benzene rings is 2. The molecule has 0 amide bonds. The highest BCUT2D eigenvalue weighted by Crippen LogP contribution is 2.28. The van der Waals surface area contributed by atoms with Crippen LogP contribution in [0.1, 0.15) is 36.1 Å². The van der Waals surface area contributed by atoms with E-state index in [0.717, 1.165) is 19.4 Å². The van der Waals surface area contributed by atoms with E-state index < -0.39 is 0 Å². The summed E-state index contributed by atoms with van der Waals surface area (Å²) >= 11 is 12.1. The highest BCUT2D eigenvalue weighted by molar-refractivity contribution is 6.42. The van der Waals surface area contributed by atoms with Gasteiger partial charge in [-0.15, -0.1) is 0 Å². The van der Waals surface area contributed by atoms with Gasteiger partial charge in [0.25, 0.3) is 0 Å². The van der Waals surface area contributed by atoms with E-state index in [9.17, 15) is 0 Å². The van der Waals surface area contributed by atoms with Gasteiger partial charge in [0.2, 0.25) is 0 Å². The first kappa shape index (κ1) is 16.4. The predicted octanol–water partition coefficient (Wildman–Crippen LogP) is 5.59. The van der Waals surface area contributed by atoms with Crippen molar-refractivity contribution in [2.75, 3.05) is 6.54 Å². The molecule has 1 N–H and O–H groups in total. The quantitative estimate of drug-likeness (QED) is 0.731. The Morgan fingerprint density at radius 2 is 1.81 bits per heavy atom. The van der Waals surface area contributed by atoms with Crippen molar-refractivity contribution in [3.63, 3.8) is 0 Å². The molecule has 112 valence electrons. The van der Waals surface area contributed by atoms with Crippen molar-refractivity contribution in [3.8, 4) is 0 Å². The monoisotopic (exact) mass is 321 g/mol. The third kappa shape index (κ3) is 4.47. The van der Waals surface area contributed by atoms with E-state index in [1.807, 2.05) is 12.1 Å². The molecule has 0 aliphatic heterocycles. The summed E-state index contributed by atoms with van der Waals surface area (Å²) in [6.45, 7) is 5.22. The van der Waals surface area contributed by atoms with Gasteiger partial charge in [-0.2, -0.15) is 0 Å². The Morgan fingerprint density at radius 1 is 1.05 bits per heavy atom. The molecule has 1 unspecified atom stereocenters. The minimum absolute atomic E-state index is 0.296. The molecule has 0 radical (unpaired) electrons. The first-order chi connectivity index (χ1) is 10.1. The van der Waals surface area contributed by atoms with Crippen LogP contribution in [-0.2, 0) is 6.42 Å². The number of halogens is 2. The minimum Gasteiger partial charge on any atom is -0.310 e. The predicted molar refractivity (Wildman–Crippen MR) is 92.4 cm³/mol. The van der Waals surface area contributed by atoms with Gasteiger partial charge < -0.3 is 5.32 Å². The van der Waals surface area contributed by atoms with E-state index in [1.54, 1.807) is 0 Å². The van der Waals surface area contributed by atoms with Crippen LogP contribution >= 0.6 is 23.2 Å². The summed E-state index contributed by atoms with van der Waals surface area (Å²) in [5, 5.41) is 4.76. The van der Waals surface area contributed by atoms with Gasteiger partial charge in [-0.05, 0) is 55.1 Å². The Bertz CT molecular complexity index is 596. The number of nitrogens with one attached hydrogen (secondary N) is 1. The SMILES string of the molecule is CCNC(CCc1ccccc1C)c1ccc(Cl)c(Cl)c1. The highest BCUT2D eigenvalue weighted by atomic mass is 35.5. The molecule has 2 aromatic rings. The zero-order chi connectivity index (χ0) is 15.2. The lowest BCUT2D eigenvalue weighted by Crippen LogP contribution is -2.21. The van der Waals surface area contributed by atoms with E-state index in [0.29, 0.717) is 16.1 Å². The van der Waals surface area contributed by atoms with Gasteiger partial charge in [0.1, 0.15) is 0 Å². The van der Waals surface area contributed by atoms with Crippen LogP contribution in [0, 0.1) is 6.92 Å². The highest BCUT2D eigenvalue weighted by Gasteiger charge is 2.12. The number of rotatable bonds is 6. The second kappa shape index (κ2) is 7.84. The number of hydrogen-bond acceptors (Lipinski definition) is 1. The zero-order valence-electron chi connectivity index (χ0n) is 12.5. The molecule has 0 fully saturated rings. The molecule has 3 heteroatoms. The Hall–Kier alpha value is -1.02. The van der Waals surface area contributed by atoms with Crippen LogP contribution < -0.4 is 5.32 Å². The molecule has 0 saturated carbocycles. The summed E-state index contributed by atoms with van der Waals surface area (Å²) in [5.41, 5.74) is 3.95. The van der Waals surface area contributed by atoms with Crippen molar-refractivity contribution >= 4 is 23.2 Å². The van der Waals surface area contributed by atoms with Gasteiger partial charge in [0, 0.05) is 6.04 Å². The van der Waals surface area contributed by atoms with Crippen LogP contribution in [0.4, 0.5) is 0 Å². The molecule has 0 aliphatic carbocycles. The van der Waals surface area contributed by atoms with Crippen molar-refractivity contribution in [2.24, 2.45) is 0 Å². The molecule has 0 saturated heterocycles. The van der Waals surface area contributed by atoms with Gasteiger partial charge >= 0.3 is 0 Å². The van der Waals surface area contributed by atoms with E-state index in [1.165, 1.54) is 16.7 Å². The van der Waals surface area contributed by atoms with E-state index >= 15 is 0 Å². The molecule has 0 bridgehead atoms. The maximum atomic E-state index is 6.14. The summed E-state index contributed by atoms with van der Waals surface area (Å²) in [7, 11) is 0. The molecule has 1 atom stereocenters. The standard InChI is InChI=1S/C18H21Cl2N/c1-3-21-18(15-8-10-16(19)17(20)12-15)11-9-14-7-5-4-6-13(14)2/h4-8,10,12,18,21H,3,9,11H2,1-2H3.